The Morgan fingerprint density at radius 2 is 1.59 bits per heavy atom. The van der Waals surface area contributed by atoms with Crippen molar-refractivity contribution in [3.8, 4) is 23.0 Å². The smallest absolute Gasteiger partial charge is 0.341 e. The number of ether oxygens (including phenoxy) is 2. The number of benzene rings is 3. The van der Waals surface area contributed by atoms with Crippen molar-refractivity contribution in [1.82, 2.24) is 4.98 Å². The van der Waals surface area contributed by atoms with Crippen LogP contribution in [-0.4, -0.2) is 29.3 Å². The second-order valence-electron chi connectivity index (χ2n) is 8.98. The fourth-order valence-electron chi connectivity index (χ4n) is 4.21. The highest BCUT2D eigenvalue weighted by Crippen LogP contribution is 2.27. The van der Waals surface area contributed by atoms with Crippen LogP contribution in [0.5, 0.6) is 11.5 Å². The third-order valence-corrected chi connectivity index (χ3v) is 6.16. The molecule has 0 aliphatic rings. The summed E-state index contributed by atoms with van der Waals surface area (Å²) < 4.78 is 17.4. The van der Waals surface area contributed by atoms with E-state index in [0.29, 0.717) is 24.7 Å². The number of hydrogen-bond donors (Lipinski definition) is 1. The molecule has 0 fully saturated rings. The first-order valence-corrected chi connectivity index (χ1v) is 12.7. The number of carbonyl (C=O) groups is 1. The monoisotopic (exact) mass is 499 g/mol. The van der Waals surface area contributed by atoms with Gasteiger partial charge in [-0.25, -0.2) is 9.78 Å². The summed E-state index contributed by atoms with van der Waals surface area (Å²) in [7, 11) is 0. The molecule has 0 spiro atoms. The zero-order valence-electron chi connectivity index (χ0n) is 21.2. The molecule has 1 N–H and O–H groups in total. The van der Waals surface area contributed by atoms with Crippen LogP contribution in [0.3, 0.4) is 0 Å². The molecule has 0 aliphatic carbocycles. The molecule has 4 aromatic rings. The van der Waals surface area contributed by atoms with Gasteiger partial charge in [0.05, 0.1) is 12.3 Å². The van der Waals surface area contributed by atoms with Crippen LogP contribution >= 0.6 is 0 Å². The first kappa shape index (κ1) is 26.0. The number of nitrogens with zero attached hydrogens (tertiary/aromatic N) is 1. The van der Waals surface area contributed by atoms with Crippen molar-refractivity contribution in [2.24, 2.45) is 0 Å². The molecule has 192 valence electrons. The standard InChI is InChI=1S/C31H33NO5/c1-23-28(32-31(37-23)25-14-8-4-9-15-25)19-20-35-29-18-17-27(36-22-30(33)34)21-26(29)16-10-3-7-13-24-11-5-2-6-12-24/h2,4-6,8-9,11-12,14-15,17-18,21H,3,7,10,13,16,19-20,22H2,1H3,(H,33,34). The third kappa shape index (κ3) is 7.97. The first-order valence-electron chi connectivity index (χ1n) is 12.7. The Bertz CT molecular complexity index is 1270. The molecule has 0 amide bonds. The minimum absolute atomic E-state index is 0.369. The van der Waals surface area contributed by atoms with E-state index >= 15 is 0 Å². The molecule has 6 nitrogen and oxygen atoms in total. The van der Waals surface area contributed by atoms with Gasteiger partial charge in [-0.1, -0.05) is 55.0 Å². The second kappa shape index (κ2) is 13.3. The van der Waals surface area contributed by atoms with E-state index < -0.39 is 5.97 Å². The average Bonchev–Trinajstić information content (AvgIpc) is 3.29. The summed E-state index contributed by atoms with van der Waals surface area (Å²) in [6.45, 7) is 2.01. The molecule has 6 heteroatoms. The Labute approximate surface area is 217 Å². The third-order valence-electron chi connectivity index (χ3n) is 6.16. The Kier molecular flexibility index (Phi) is 9.35. The van der Waals surface area contributed by atoms with Crippen LogP contribution in [0.25, 0.3) is 11.5 Å². The van der Waals surface area contributed by atoms with Crippen LogP contribution in [0, 0.1) is 6.92 Å². The van der Waals surface area contributed by atoms with E-state index in [4.69, 9.17) is 19.0 Å². The van der Waals surface area contributed by atoms with Crippen molar-refractivity contribution in [3.63, 3.8) is 0 Å². The summed E-state index contributed by atoms with van der Waals surface area (Å²) >= 11 is 0. The molecule has 1 aromatic heterocycles. The average molecular weight is 500 g/mol. The number of aryl methyl sites for hydroxylation is 3. The number of rotatable bonds is 14. The molecule has 0 saturated heterocycles. The van der Waals surface area contributed by atoms with E-state index in [-0.39, 0.29) is 6.61 Å². The second-order valence-corrected chi connectivity index (χ2v) is 8.98. The Hall–Kier alpha value is -4.06. The van der Waals surface area contributed by atoms with Gasteiger partial charge in [0.25, 0.3) is 0 Å². The molecule has 0 bridgehead atoms. The maximum Gasteiger partial charge on any atom is 0.341 e. The van der Waals surface area contributed by atoms with E-state index in [9.17, 15) is 4.79 Å². The molecular weight excluding hydrogens is 466 g/mol. The van der Waals surface area contributed by atoms with Crippen LogP contribution in [0.1, 0.15) is 41.8 Å². The van der Waals surface area contributed by atoms with E-state index in [1.807, 2.05) is 55.5 Å². The number of carboxylic acid groups (broad SMARTS) is 1. The van der Waals surface area contributed by atoms with Crippen molar-refractivity contribution < 1.29 is 23.8 Å². The summed E-state index contributed by atoms with van der Waals surface area (Å²) in [5.74, 6) is 1.73. The lowest BCUT2D eigenvalue weighted by Crippen LogP contribution is -2.10. The minimum Gasteiger partial charge on any atom is -0.493 e. The van der Waals surface area contributed by atoms with Gasteiger partial charge in [-0.2, -0.15) is 0 Å². The van der Waals surface area contributed by atoms with E-state index in [0.717, 1.165) is 60.4 Å². The fourth-order valence-corrected chi connectivity index (χ4v) is 4.21. The van der Waals surface area contributed by atoms with Gasteiger partial charge < -0.3 is 19.0 Å². The zero-order chi connectivity index (χ0) is 25.9. The number of carboxylic acids is 1. The Balaban J connectivity index is 1.35. The van der Waals surface area contributed by atoms with Crippen molar-refractivity contribution in [2.75, 3.05) is 13.2 Å². The van der Waals surface area contributed by atoms with Gasteiger partial charge in [0.2, 0.25) is 5.89 Å². The lowest BCUT2D eigenvalue weighted by atomic mass is 10.0. The number of hydrogen-bond acceptors (Lipinski definition) is 5. The van der Waals surface area contributed by atoms with Crippen LogP contribution in [0.4, 0.5) is 0 Å². The summed E-state index contributed by atoms with van der Waals surface area (Å²) in [4.78, 5) is 15.6. The number of aliphatic carboxylic acids is 1. The van der Waals surface area contributed by atoms with E-state index in [1.165, 1.54) is 5.56 Å². The fraction of sp³-hybridized carbons (Fsp3) is 0.290. The number of unbranched alkanes of at least 4 members (excludes halogenated alkanes) is 2. The zero-order valence-corrected chi connectivity index (χ0v) is 21.2. The largest absolute Gasteiger partial charge is 0.493 e. The molecule has 0 aliphatic heterocycles. The maximum absolute atomic E-state index is 10.9. The van der Waals surface area contributed by atoms with Crippen LogP contribution in [0.2, 0.25) is 0 Å². The normalized spacial score (nSPS) is 10.8. The van der Waals surface area contributed by atoms with Crippen LogP contribution in [0.15, 0.2) is 83.3 Å². The quantitative estimate of drug-likeness (QED) is 0.195. The molecule has 0 saturated carbocycles. The first-order chi connectivity index (χ1) is 18.1. The molecule has 1 heterocycles. The van der Waals surface area contributed by atoms with Crippen molar-refractivity contribution in [2.45, 2.75) is 45.4 Å². The Morgan fingerprint density at radius 3 is 2.35 bits per heavy atom. The van der Waals surface area contributed by atoms with Gasteiger partial charge in [-0.15, -0.1) is 0 Å². The molecule has 3 aromatic carbocycles. The topological polar surface area (TPSA) is 81.8 Å². The van der Waals surface area contributed by atoms with Gasteiger partial charge in [-0.3, -0.25) is 0 Å². The molecule has 0 radical (unpaired) electrons. The van der Waals surface area contributed by atoms with Crippen molar-refractivity contribution in [3.05, 3.63) is 101 Å². The number of aromatic nitrogens is 1. The minimum atomic E-state index is -0.999. The van der Waals surface area contributed by atoms with Crippen molar-refractivity contribution in [1.29, 1.82) is 0 Å². The predicted octanol–water partition coefficient (Wildman–Crippen LogP) is 6.69. The van der Waals surface area contributed by atoms with Gasteiger partial charge in [0, 0.05) is 12.0 Å². The Morgan fingerprint density at radius 1 is 0.865 bits per heavy atom. The van der Waals surface area contributed by atoms with Crippen LogP contribution < -0.4 is 9.47 Å². The highest BCUT2D eigenvalue weighted by atomic mass is 16.5. The highest BCUT2D eigenvalue weighted by molar-refractivity contribution is 5.68. The highest BCUT2D eigenvalue weighted by Gasteiger charge is 2.13. The number of oxazole rings is 1. The molecule has 0 atom stereocenters. The molecule has 37 heavy (non-hydrogen) atoms. The SMILES string of the molecule is Cc1oc(-c2ccccc2)nc1CCOc1ccc(OCC(=O)O)cc1CCCCCc1ccccc1. The summed E-state index contributed by atoms with van der Waals surface area (Å²) in [5.41, 5.74) is 4.20. The predicted molar refractivity (Wildman–Crippen MR) is 143 cm³/mol. The summed E-state index contributed by atoms with van der Waals surface area (Å²) in [6, 6.07) is 25.9. The van der Waals surface area contributed by atoms with E-state index in [1.54, 1.807) is 6.07 Å². The summed E-state index contributed by atoms with van der Waals surface area (Å²) in [6.07, 6.45) is 5.73. The van der Waals surface area contributed by atoms with Gasteiger partial charge >= 0.3 is 5.97 Å². The molecule has 0 unspecified atom stereocenters. The lowest BCUT2D eigenvalue weighted by molar-refractivity contribution is -0.139. The summed E-state index contributed by atoms with van der Waals surface area (Å²) in [5, 5.41) is 8.95. The van der Waals surface area contributed by atoms with Gasteiger partial charge in [0.1, 0.15) is 17.3 Å². The maximum atomic E-state index is 10.9. The van der Waals surface area contributed by atoms with Gasteiger partial charge in [0.15, 0.2) is 6.61 Å². The molecule has 4 rings (SSSR count). The lowest BCUT2D eigenvalue weighted by Gasteiger charge is -2.13. The van der Waals surface area contributed by atoms with Gasteiger partial charge in [-0.05, 0) is 74.1 Å². The van der Waals surface area contributed by atoms with Crippen LogP contribution in [-0.2, 0) is 24.1 Å². The van der Waals surface area contributed by atoms with Crippen molar-refractivity contribution >= 4 is 5.97 Å². The molecular formula is C31H33NO5. The van der Waals surface area contributed by atoms with E-state index in [2.05, 4.69) is 29.2 Å².